The van der Waals surface area contributed by atoms with E-state index < -0.39 is 5.97 Å². The first-order valence-electron chi connectivity index (χ1n) is 7.45. The lowest BCUT2D eigenvalue weighted by molar-refractivity contribution is -0.137. The predicted octanol–water partition coefficient (Wildman–Crippen LogP) is 4.00. The Bertz CT molecular complexity index is 646. The van der Waals surface area contributed by atoms with Gasteiger partial charge in [-0.15, -0.1) is 0 Å². The SMILES string of the molecule is COc1ccc(C(NCCCC(=O)O)c2ccccc2)cc1Br. The van der Waals surface area contributed by atoms with Crippen LogP contribution < -0.4 is 10.1 Å². The summed E-state index contributed by atoms with van der Waals surface area (Å²) in [5, 5.41) is 12.2. The fourth-order valence-corrected chi connectivity index (χ4v) is 2.98. The van der Waals surface area contributed by atoms with Gasteiger partial charge in [-0.25, -0.2) is 0 Å². The summed E-state index contributed by atoms with van der Waals surface area (Å²) in [6.45, 7) is 0.634. The van der Waals surface area contributed by atoms with Crippen LogP contribution in [-0.2, 0) is 4.79 Å². The first kappa shape index (κ1) is 17.5. The first-order valence-corrected chi connectivity index (χ1v) is 8.24. The molecule has 4 nitrogen and oxygen atoms in total. The van der Waals surface area contributed by atoms with Gasteiger partial charge in [-0.3, -0.25) is 4.79 Å². The zero-order valence-electron chi connectivity index (χ0n) is 13.0. The summed E-state index contributed by atoms with van der Waals surface area (Å²) in [5.74, 6) is 0.0155. The maximum atomic E-state index is 10.7. The second kappa shape index (κ2) is 8.70. The highest BCUT2D eigenvalue weighted by atomic mass is 79.9. The molecule has 0 bridgehead atoms. The number of nitrogens with one attached hydrogen (secondary N) is 1. The monoisotopic (exact) mass is 377 g/mol. The van der Waals surface area contributed by atoms with E-state index in [0.717, 1.165) is 21.3 Å². The van der Waals surface area contributed by atoms with Gasteiger partial charge in [0.1, 0.15) is 5.75 Å². The van der Waals surface area contributed by atoms with Crippen molar-refractivity contribution in [1.29, 1.82) is 0 Å². The van der Waals surface area contributed by atoms with E-state index in [0.29, 0.717) is 13.0 Å². The molecule has 122 valence electrons. The van der Waals surface area contributed by atoms with E-state index in [1.807, 2.05) is 36.4 Å². The summed E-state index contributed by atoms with van der Waals surface area (Å²) in [5.41, 5.74) is 2.24. The lowest BCUT2D eigenvalue weighted by Gasteiger charge is -2.20. The highest BCUT2D eigenvalue weighted by Gasteiger charge is 2.15. The second-order valence-electron chi connectivity index (χ2n) is 5.19. The van der Waals surface area contributed by atoms with Gasteiger partial charge in [0, 0.05) is 6.42 Å². The van der Waals surface area contributed by atoms with Crippen LogP contribution in [0.4, 0.5) is 0 Å². The molecule has 0 heterocycles. The summed E-state index contributed by atoms with van der Waals surface area (Å²) < 4.78 is 6.17. The van der Waals surface area contributed by atoms with Crippen molar-refractivity contribution in [2.24, 2.45) is 0 Å². The third kappa shape index (κ3) is 5.08. The molecule has 2 N–H and O–H groups in total. The van der Waals surface area contributed by atoms with Crippen molar-refractivity contribution in [1.82, 2.24) is 5.32 Å². The third-order valence-electron chi connectivity index (χ3n) is 3.56. The van der Waals surface area contributed by atoms with Gasteiger partial charge in [0.25, 0.3) is 0 Å². The number of rotatable bonds is 8. The number of methoxy groups -OCH3 is 1. The van der Waals surface area contributed by atoms with Crippen LogP contribution in [0, 0.1) is 0 Å². The van der Waals surface area contributed by atoms with Crippen molar-refractivity contribution >= 4 is 21.9 Å². The van der Waals surface area contributed by atoms with Gasteiger partial charge in [-0.05, 0) is 52.2 Å². The van der Waals surface area contributed by atoms with E-state index in [1.54, 1.807) is 7.11 Å². The Balaban J connectivity index is 2.19. The van der Waals surface area contributed by atoms with Crippen molar-refractivity contribution in [3.05, 3.63) is 64.1 Å². The van der Waals surface area contributed by atoms with Gasteiger partial charge < -0.3 is 15.2 Å². The minimum atomic E-state index is -0.768. The number of ether oxygens (including phenoxy) is 1. The van der Waals surface area contributed by atoms with Crippen LogP contribution in [0.1, 0.15) is 30.0 Å². The number of hydrogen-bond donors (Lipinski definition) is 2. The van der Waals surface area contributed by atoms with Crippen LogP contribution >= 0.6 is 15.9 Å². The molecule has 0 radical (unpaired) electrons. The smallest absolute Gasteiger partial charge is 0.303 e. The Hall–Kier alpha value is -1.85. The van der Waals surface area contributed by atoms with Gasteiger partial charge in [0.15, 0.2) is 0 Å². The fraction of sp³-hybridized carbons (Fsp3) is 0.278. The van der Waals surface area contributed by atoms with Gasteiger partial charge in [0.2, 0.25) is 0 Å². The Morgan fingerprint density at radius 2 is 1.96 bits per heavy atom. The molecule has 0 aliphatic heterocycles. The molecule has 2 aromatic rings. The van der Waals surface area contributed by atoms with E-state index in [4.69, 9.17) is 9.84 Å². The molecule has 2 aromatic carbocycles. The molecule has 2 rings (SSSR count). The Morgan fingerprint density at radius 1 is 1.22 bits per heavy atom. The average Bonchev–Trinajstić information content (AvgIpc) is 2.55. The number of aliphatic carboxylic acids is 1. The highest BCUT2D eigenvalue weighted by molar-refractivity contribution is 9.10. The summed E-state index contributed by atoms with van der Waals surface area (Å²) >= 11 is 3.52. The molecule has 0 saturated heterocycles. The number of carboxylic acid groups (broad SMARTS) is 1. The molecule has 0 aromatic heterocycles. The summed E-state index contributed by atoms with van der Waals surface area (Å²) in [7, 11) is 1.64. The standard InChI is InChI=1S/C18H20BrNO3/c1-23-16-10-9-14(12-15(16)19)18(13-6-3-2-4-7-13)20-11-5-8-17(21)22/h2-4,6-7,9-10,12,18,20H,5,8,11H2,1H3,(H,21,22). The quantitative estimate of drug-likeness (QED) is 0.682. The van der Waals surface area contributed by atoms with Crippen LogP contribution in [0.2, 0.25) is 0 Å². The number of benzene rings is 2. The summed E-state index contributed by atoms with van der Waals surface area (Å²) in [6.07, 6.45) is 0.761. The Labute approximate surface area is 144 Å². The van der Waals surface area contributed by atoms with Gasteiger partial charge in [-0.2, -0.15) is 0 Å². The molecule has 0 spiro atoms. The molecule has 0 aliphatic carbocycles. The van der Waals surface area contributed by atoms with Crippen molar-refractivity contribution in [3.63, 3.8) is 0 Å². The van der Waals surface area contributed by atoms with E-state index in [-0.39, 0.29) is 12.5 Å². The van der Waals surface area contributed by atoms with Crippen molar-refractivity contribution in [2.75, 3.05) is 13.7 Å². The maximum absolute atomic E-state index is 10.7. The summed E-state index contributed by atoms with van der Waals surface area (Å²) in [6, 6.07) is 16.1. The maximum Gasteiger partial charge on any atom is 0.303 e. The molecule has 0 aliphatic rings. The van der Waals surface area contributed by atoms with Crippen LogP contribution in [-0.4, -0.2) is 24.7 Å². The Morgan fingerprint density at radius 3 is 2.57 bits per heavy atom. The van der Waals surface area contributed by atoms with Gasteiger partial charge in [-0.1, -0.05) is 36.4 Å². The van der Waals surface area contributed by atoms with Crippen LogP contribution in [0.5, 0.6) is 5.75 Å². The molecule has 23 heavy (non-hydrogen) atoms. The molecule has 1 atom stereocenters. The largest absolute Gasteiger partial charge is 0.496 e. The van der Waals surface area contributed by atoms with Crippen molar-refractivity contribution < 1.29 is 14.6 Å². The molecule has 1 unspecified atom stereocenters. The van der Waals surface area contributed by atoms with E-state index in [9.17, 15) is 4.79 Å². The predicted molar refractivity (Wildman–Crippen MR) is 93.9 cm³/mol. The van der Waals surface area contributed by atoms with Crippen LogP contribution in [0.3, 0.4) is 0 Å². The average molecular weight is 378 g/mol. The minimum absolute atomic E-state index is 0.00667. The van der Waals surface area contributed by atoms with E-state index in [2.05, 4.69) is 33.4 Å². The molecule has 5 heteroatoms. The van der Waals surface area contributed by atoms with Crippen LogP contribution in [0.15, 0.2) is 53.0 Å². The third-order valence-corrected chi connectivity index (χ3v) is 4.18. The minimum Gasteiger partial charge on any atom is -0.496 e. The molecule has 0 saturated carbocycles. The molecular formula is C18H20BrNO3. The van der Waals surface area contributed by atoms with Gasteiger partial charge in [0.05, 0.1) is 17.6 Å². The highest BCUT2D eigenvalue weighted by Crippen LogP contribution is 2.30. The fourth-order valence-electron chi connectivity index (χ4n) is 2.42. The number of carboxylic acids is 1. The first-order chi connectivity index (χ1) is 11.1. The van der Waals surface area contributed by atoms with Gasteiger partial charge >= 0.3 is 5.97 Å². The van der Waals surface area contributed by atoms with Crippen molar-refractivity contribution in [2.45, 2.75) is 18.9 Å². The zero-order valence-corrected chi connectivity index (χ0v) is 14.5. The van der Waals surface area contributed by atoms with E-state index in [1.165, 1.54) is 0 Å². The lowest BCUT2D eigenvalue weighted by atomic mass is 9.98. The molecule has 0 amide bonds. The number of hydrogen-bond acceptors (Lipinski definition) is 3. The molecule has 0 fully saturated rings. The molecular weight excluding hydrogens is 358 g/mol. The van der Waals surface area contributed by atoms with E-state index >= 15 is 0 Å². The lowest BCUT2D eigenvalue weighted by Crippen LogP contribution is -2.24. The normalized spacial score (nSPS) is 11.9. The topological polar surface area (TPSA) is 58.6 Å². The van der Waals surface area contributed by atoms with Crippen molar-refractivity contribution in [3.8, 4) is 5.75 Å². The zero-order chi connectivity index (χ0) is 16.7. The Kier molecular flexibility index (Phi) is 6.62. The van der Waals surface area contributed by atoms with Crippen LogP contribution in [0.25, 0.3) is 0 Å². The second-order valence-corrected chi connectivity index (χ2v) is 6.04. The number of halogens is 1. The summed E-state index contributed by atoms with van der Waals surface area (Å²) in [4.78, 5) is 10.7. The number of carbonyl (C=O) groups is 1.